The molecule has 26 heavy (non-hydrogen) atoms. The van der Waals surface area contributed by atoms with E-state index in [1.54, 1.807) is 24.3 Å². The lowest BCUT2D eigenvalue weighted by Crippen LogP contribution is -2.48. The number of likely N-dealkylation sites (tertiary alicyclic amines) is 1. The summed E-state index contributed by atoms with van der Waals surface area (Å²) >= 11 is 5.91. The van der Waals surface area contributed by atoms with Crippen molar-refractivity contribution in [1.82, 2.24) is 9.80 Å². The van der Waals surface area contributed by atoms with Gasteiger partial charge in [0.15, 0.2) is 0 Å². The SMILES string of the molecule is CCCCCN(C(=O)C1CCCN(C(=O)c2ccc(Cl)cc2)C1)C(C)C. The van der Waals surface area contributed by atoms with Crippen molar-refractivity contribution in [3.8, 4) is 0 Å². The molecule has 144 valence electrons. The molecule has 0 N–H and O–H groups in total. The first-order valence-electron chi connectivity index (χ1n) is 9.79. The molecule has 0 aliphatic carbocycles. The Morgan fingerprint density at radius 1 is 1.23 bits per heavy atom. The fourth-order valence-corrected chi connectivity index (χ4v) is 3.65. The highest BCUT2D eigenvalue weighted by molar-refractivity contribution is 6.30. The normalized spacial score (nSPS) is 17.4. The van der Waals surface area contributed by atoms with Crippen molar-refractivity contribution in [2.75, 3.05) is 19.6 Å². The van der Waals surface area contributed by atoms with Crippen molar-refractivity contribution < 1.29 is 9.59 Å². The van der Waals surface area contributed by atoms with Crippen LogP contribution in [0.25, 0.3) is 0 Å². The Hall–Kier alpha value is -1.55. The molecular weight excluding hydrogens is 348 g/mol. The number of carbonyl (C=O) groups is 2. The number of carbonyl (C=O) groups excluding carboxylic acids is 2. The van der Waals surface area contributed by atoms with Crippen molar-refractivity contribution in [2.45, 2.75) is 58.9 Å². The van der Waals surface area contributed by atoms with E-state index in [1.165, 1.54) is 0 Å². The zero-order valence-corrected chi connectivity index (χ0v) is 17.0. The van der Waals surface area contributed by atoms with Crippen molar-refractivity contribution in [3.63, 3.8) is 0 Å². The number of piperidine rings is 1. The van der Waals surface area contributed by atoms with E-state index in [9.17, 15) is 9.59 Å². The van der Waals surface area contributed by atoms with Crippen molar-refractivity contribution in [3.05, 3.63) is 34.9 Å². The van der Waals surface area contributed by atoms with Crippen LogP contribution in [0, 0.1) is 5.92 Å². The highest BCUT2D eigenvalue weighted by atomic mass is 35.5. The van der Waals surface area contributed by atoms with Crippen LogP contribution in [0.15, 0.2) is 24.3 Å². The average Bonchev–Trinajstić information content (AvgIpc) is 2.64. The Bertz CT molecular complexity index is 601. The van der Waals surface area contributed by atoms with Gasteiger partial charge in [-0.3, -0.25) is 9.59 Å². The van der Waals surface area contributed by atoms with Gasteiger partial charge in [-0.1, -0.05) is 31.4 Å². The monoisotopic (exact) mass is 378 g/mol. The van der Waals surface area contributed by atoms with Crippen LogP contribution in [0.1, 0.15) is 63.2 Å². The number of benzene rings is 1. The Morgan fingerprint density at radius 3 is 2.54 bits per heavy atom. The predicted octanol–water partition coefficient (Wildman–Crippen LogP) is 4.62. The molecule has 1 aliphatic heterocycles. The second-order valence-corrected chi connectivity index (χ2v) is 7.87. The second kappa shape index (κ2) is 9.96. The van der Waals surface area contributed by atoms with E-state index < -0.39 is 0 Å². The molecule has 2 rings (SSSR count). The number of hydrogen-bond acceptors (Lipinski definition) is 2. The average molecular weight is 379 g/mol. The number of halogens is 1. The lowest BCUT2D eigenvalue weighted by Gasteiger charge is -2.36. The number of hydrogen-bond donors (Lipinski definition) is 0. The molecule has 4 nitrogen and oxygen atoms in total. The summed E-state index contributed by atoms with van der Waals surface area (Å²) in [6.07, 6.45) is 5.06. The van der Waals surface area contributed by atoms with Gasteiger partial charge in [0, 0.05) is 36.3 Å². The summed E-state index contributed by atoms with van der Waals surface area (Å²) in [5.41, 5.74) is 0.631. The maximum Gasteiger partial charge on any atom is 0.253 e. The molecule has 1 unspecified atom stereocenters. The lowest BCUT2D eigenvalue weighted by molar-refractivity contribution is -0.138. The molecule has 1 aliphatic rings. The van der Waals surface area contributed by atoms with Gasteiger partial charge in [0.1, 0.15) is 0 Å². The first-order valence-corrected chi connectivity index (χ1v) is 10.2. The molecule has 1 fully saturated rings. The molecule has 1 saturated heterocycles. The second-order valence-electron chi connectivity index (χ2n) is 7.43. The zero-order valence-electron chi connectivity index (χ0n) is 16.2. The third kappa shape index (κ3) is 5.47. The molecule has 0 bridgehead atoms. The van der Waals surface area contributed by atoms with Gasteiger partial charge >= 0.3 is 0 Å². The molecule has 1 heterocycles. The molecule has 1 aromatic carbocycles. The summed E-state index contributed by atoms with van der Waals surface area (Å²) in [5, 5.41) is 0.618. The first kappa shape index (κ1) is 20.8. The molecule has 2 amide bonds. The fourth-order valence-electron chi connectivity index (χ4n) is 3.53. The third-order valence-corrected chi connectivity index (χ3v) is 5.31. The zero-order chi connectivity index (χ0) is 19.1. The van der Waals surface area contributed by atoms with Crippen molar-refractivity contribution in [2.24, 2.45) is 5.92 Å². The van der Waals surface area contributed by atoms with Crippen molar-refractivity contribution in [1.29, 1.82) is 0 Å². The van der Waals surface area contributed by atoms with Gasteiger partial charge in [0.2, 0.25) is 5.91 Å². The minimum Gasteiger partial charge on any atom is -0.340 e. The molecule has 0 spiro atoms. The molecule has 1 aromatic rings. The van der Waals surface area contributed by atoms with Crippen LogP contribution < -0.4 is 0 Å². The lowest BCUT2D eigenvalue weighted by atomic mass is 9.95. The van der Waals surface area contributed by atoms with Crippen LogP contribution in [0.2, 0.25) is 5.02 Å². The van der Waals surface area contributed by atoms with Crippen LogP contribution >= 0.6 is 11.6 Å². The third-order valence-electron chi connectivity index (χ3n) is 5.06. The number of amides is 2. The minimum atomic E-state index is -0.0935. The smallest absolute Gasteiger partial charge is 0.253 e. The Morgan fingerprint density at radius 2 is 1.92 bits per heavy atom. The van der Waals surface area contributed by atoms with Crippen LogP contribution in [0.3, 0.4) is 0 Å². The molecule has 0 aromatic heterocycles. The summed E-state index contributed by atoms with van der Waals surface area (Å²) in [6.45, 7) is 8.35. The van der Waals surface area contributed by atoms with E-state index in [1.807, 2.05) is 9.80 Å². The summed E-state index contributed by atoms with van der Waals surface area (Å²) < 4.78 is 0. The van der Waals surface area contributed by atoms with E-state index in [0.29, 0.717) is 23.7 Å². The van der Waals surface area contributed by atoms with Crippen molar-refractivity contribution >= 4 is 23.4 Å². The number of nitrogens with zero attached hydrogens (tertiary/aromatic N) is 2. The van der Waals surface area contributed by atoms with E-state index in [2.05, 4.69) is 20.8 Å². The van der Waals surface area contributed by atoms with Gasteiger partial charge in [-0.2, -0.15) is 0 Å². The largest absolute Gasteiger partial charge is 0.340 e. The maximum atomic E-state index is 13.1. The van der Waals surface area contributed by atoms with Gasteiger partial charge in [-0.25, -0.2) is 0 Å². The topological polar surface area (TPSA) is 40.6 Å². The molecule has 5 heteroatoms. The first-order chi connectivity index (χ1) is 12.4. The Labute approximate surface area is 162 Å². The summed E-state index contributed by atoms with van der Waals surface area (Å²) in [4.78, 5) is 29.6. The minimum absolute atomic E-state index is 0.0127. The maximum absolute atomic E-state index is 13.1. The Kier molecular flexibility index (Phi) is 7.95. The van der Waals surface area contributed by atoms with E-state index in [-0.39, 0.29) is 23.8 Å². The highest BCUT2D eigenvalue weighted by Gasteiger charge is 2.32. The molecular formula is C21H31ClN2O2. The number of unbranched alkanes of at least 4 members (excludes halogenated alkanes) is 2. The Balaban J connectivity index is 2.02. The summed E-state index contributed by atoms with van der Waals surface area (Å²) in [6, 6.07) is 7.16. The van der Waals surface area contributed by atoms with Crippen LogP contribution in [0.5, 0.6) is 0 Å². The highest BCUT2D eigenvalue weighted by Crippen LogP contribution is 2.22. The quantitative estimate of drug-likeness (QED) is 0.649. The predicted molar refractivity (Wildman–Crippen MR) is 106 cm³/mol. The summed E-state index contributed by atoms with van der Waals surface area (Å²) in [7, 11) is 0. The molecule has 0 saturated carbocycles. The van der Waals surface area contributed by atoms with Crippen LogP contribution in [-0.4, -0.2) is 47.3 Å². The van der Waals surface area contributed by atoms with E-state index in [4.69, 9.17) is 11.6 Å². The molecule has 1 atom stereocenters. The standard InChI is InChI=1S/C21H31ClN2O2/c1-4-5-6-14-24(16(2)3)21(26)18-8-7-13-23(15-18)20(25)17-9-11-19(22)12-10-17/h9-12,16,18H,4-8,13-15H2,1-3H3. The van der Waals surface area contributed by atoms with Gasteiger partial charge < -0.3 is 9.80 Å². The summed E-state index contributed by atoms with van der Waals surface area (Å²) in [5.74, 6) is 0.0926. The fraction of sp³-hybridized carbons (Fsp3) is 0.619. The van der Waals surface area contributed by atoms with E-state index in [0.717, 1.165) is 38.6 Å². The van der Waals surface area contributed by atoms with Gasteiger partial charge in [-0.15, -0.1) is 0 Å². The van der Waals surface area contributed by atoms with Gasteiger partial charge in [0.25, 0.3) is 5.91 Å². The van der Waals surface area contributed by atoms with Gasteiger partial charge in [0.05, 0.1) is 5.92 Å². The number of rotatable bonds is 7. The van der Waals surface area contributed by atoms with Gasteiger partial charge in [-0.05, 0) is 57.4 Å². The molecule has 0 radical (unpaired) electrons. The van der Waals surface area contributed by atoms with Crippen LogP contribution in [0.4, 0.5) is 0 Å². The van der Waals surface area contributed by atoms with E-state index >= 15 is 0 Å². The van der Waals surface area contributed by atoms with Crippen LogP contribution in [-0.2, 0) is 4.79 Å².